The number of rotatable bonds is 13. The lowest BCUT2D eigenvalue weighted by atomic mass is 9.97. The number of hydrogen-bond acceptors (Lipinski definition) is 9. The quantitative estimate of drug-likeness (QED) is 0.0798. The SMILES string of the molecule is C=C(C)C(=O)OCCOc1ccc(/C=C/C(=O)O[C@@H]2CO[C@H]3[C@@H]2OC[C@@H]3C(=Cc2ccc(C(=C)C)cc2)OOC)cc1. The fourth-order valence-electron chi connectivity index (χ4n) is 4.57. The molecule has 0 unspecified atom stereocenters. The van der Waals surface area contributed by atoms with Gasteiger partial charge in [0.2, 0.25) is 0 Å². The first-order valence-electron chi connectivity index (χ1n) is 13.6. The zero-order valence-corrected chi connectivity index (χ0v) is 24.1. The Bertz CT molecular complexity index is 1320. The van der Waals surface area contributed by atoms with E-state index >= 15 is 0 Å². The van der Waals surface area contributed by atoms with Gasteiger partial charge in [0.1, 0.15) is 25.1 Å². The third-order valence-electron chi connectivity index (χ3n) is 6.76. The van der Waals surface area contributed by atoms with E-state index in [1.54, 1.807) is 37.3 Å². The summed E-state index contributed by atoms with van der Waals surface area (Å²) in [6, 6.07) is 15.1. The van der Waals surface area contributed by atoms with Crippen molar-refractivity contribution in [3.8, 4) is 5.75 Å². The van der Waals surface area contributed by atoms with Crippen LogP contribution in [0.1, 0.15) is 30.5 Å². The highest BCUT2D eigenvalue weighted by Gasteiger charge is 2.51. The van der Waals surface area contributed by atoms with E-state index in [0.717, 1.165) is 22.3 Å². The Kier molecular flexibility index (Phi) is 10.7. The van der Waals surface area contributed by atoms with E-state index in [9.17, 15) is 9.59 Å². The Morgan fingerprint density at radius 3 is 2.29 bits per heavy atom. The van der Waals surface area contributed by atoms with E-state index in [0.29, 0.717) is 23.7 Å². The third kappa shape index (κ3) is 8.19. The summed E-state index contributed by atoms with van der Waals surface area (Å²) in [4.78, 5) is 34.5. The Balaban J connectivity index is 1.28. The van der Waals surface area contributed by atoms with Gasteiger partial charge in [-0.1, -0.05) is 55.1 Å². The van der Waals surface area contributed by atoms with Crippen molar-refractivity contribution in [2.45, 2.75) is 32.2 Å². The summed E-state index contributed by atoms with van der Waals surface area (Å²) in [5.74, 6) is -0.00272. The Morgan fingerprint density at radius 1 is 0.929 bits per heavy atom. The van der Waals surface area contributed by atoms with Crippen molar-refractivity contribution in [1.29, 1.82) is 0 Å². The van der Waals surface area contributed by atoms with E-state index in [4.69, 9.17) is 33.5 Å². The van der Waals surface area contributed by atoms with Crippen LogP contribution >= 0.6 is 0 Å². The van der Waals surface area contributed by atoms with Crippen molar-refractivity contribution in [1.82, 2.24) is 0 Å². The molecule has 2 aromatic rings. The Morgan fingerprint density at radius 2 is 1.62 bits per heavy atom. The van der Waals surface area contributed by atoms with Crippen LogP contribution in [0.15, 0.2) is 79.1 Å². The van der Waals surface area contributed by atoms with Gasteiger partial charge in [0.05, 0.1) is 32.3 Å². The highest BCUT2D eigenvalue weighted by atomic mass is 17.2. The van der Waals surface area contributed by atoms with Crippen molar-refractivity contribution in [3.63, 3.8) is 0 Å². The van der Waals surface area contributed by atoms with Crippen LogP contribution in [-0.2, 0) is 38.3 Å². The maximum atomic E-state index is 12.6. The second-order valence-electron chi connectivity index (χ2n) is 10.0. The van der Waals surface area contributed by atoms with Gasteiger partial charge in [0, 0.05) is 11.6 Å². The Hall–Kier alpha value is -4.18. The molecule has 9 nitrogen and oxygen atoms in total. The van der Waals surface area contributed by atoms with Crippen LogP contribution in [0.25, 0.3) is 17.7 Å². The van der Waals surface area contributed by atoms with Crippen LogP contribution < -0.4 is 4.74 Å². The lowest BCUT2D eigenvalue weighted by Gasteiger charge is -2.18. The van der Waals surface area contributed by atoms with Gasteiger partial charge < -0.3 is 28.6 Å². The van der Waals surface area contributed by atoms with Gasteiger partial charge >= 0.3 is 11.9 Å². The highest BCUT2D eigenvalue weighted by Crippen LogP contribution is 2.37. The first-order valence-corrected chi connectivity index (χ1v) is 13.6. The van der Waals surface area contributed by atoms with Crippen molar-refractivity contribution < 1.29 is 43.0 Å². The zero-order valence-electron chi connectivity index (χ0n) is 24.1. The maximum absolute atomic E-state index is 12.6. The summed E-state index contributed by atoms with van der Waals surface area (Å²) in [6.45, 7) is 11.9. The molecule has 2 saturated heterocycles. The lowest BCUT2D eigenvalue weighted by Crippen LogP contribution is -2.33. The minimum Gasteiger partial charge on any atom is -0.490 e. The normalized spacial score (nSPS) is 21.5. The monoisotopic (exact) mass is 576 g/mol. The molecule has 2 aromatic carbocycles. The van der Waals surface area contributed by atoms with Gasteiger partial charge in [-0.05, 0) is 54.8 Å². The number of esters is 2. The van der Waals surface area contributed by atoms with Crippen molar-refractivity contribution >= 4 is 29.7 Å². The van der Waals surface area contributed by atoms with Crippen molar-refractivity contribution in [3.05, 3.63) is 95.8 Å². The zero-order chi connectivity index (χ0) is 30.1. The maximum Gasteiger partial charge on any atom is 0.333 e. The molecule has 0 N–H and O–H groups in total. The molecule has 2 heterocycles. The number of benzene rings is 2. The van der Waals surface area contributed by atoms with Crippen molar-refractivity contribution in [2.75, 3.05) is 33.5 Å². The molecule has 0 aliphatic carbocycles. The summed E-state index contributed by atoms with van der Waals surface area (Å²) < 4.78 is 28.2. The topological polar surface area (TPSA) is 98.8 Å². The summed E-state index contributed by atoms with van der Waals surface area (Å²) in [6.07, 6.45) is 3.58. The van der Waals surface area contributed by atoms with Crippen LogP contribution in [0.3, 0.4) is 0 Å². The smallest absolute Gasteiger partial charge is 0.333 e. The first kappa shape index (κ1) is 30.8. The summed E-state index contributed by atoms with van der Waals surface area (Å²) >= 11 is 0. The van der Waals surface area contributed by atoms with Gasteiger partial charge in [0.15, 0.2) is 11.9 Å². The summed E-state index contributed by atoms with van der Waals surface area (Å²) in [7, 11) is 1.45. The average Bonchev–Trinajstić information content (AvgIpc) is 3.57. The third-order valence-corrected chi connectivity index (χ3v) is 6.76. The molecule has 0 bridgehead atoms. The van der Waals surface area contributed by atoms with Crippen LogP contribution in [0.5, 0.6) is 5.75 Å². The molecule has 4 rings (SSSR count). The fourth-order valence-corrected chi connectivity index (χ4v) is 4.57. The minimum absolute atomic E-state index is 0.122. The molecule has 0 amide bonds. The Labute approximate surface area is 245 Å². The molecule has 42 heavy (non-hydrogen) atoms. The predicted octanol–water partition coefficient (Wildman–Crippen LogP) is 5.18. The predicted molar refractivity (Wildman–Crippen MR) is 157 cm³/mol. The minimum atomic E-state index is -0.550. The van der Waals surface area contributed by atoms with E-state index in [1.165, 1.54) is 13.2 Å². The van der Waals surface area contributed by atoms with Gasteiger partial charge in [-0.3, -0.25) is 0 Å². The largest absolute Gasteiger partial charge is 0.490 e. The number of carbonyl (C=O) groups is 2. The van der Waals surface area contributed by atoms with Gasteiger partial charge in [-0.2, -0.15) is 4.89 Å². The van der Waals surface area contributed by atoms with Crippen LogP contribution in [0.4, 0.5) is 0 Å². The van der Waals surface area contributed by atoms with Crippen LogP contribution in [-0.4, -0.2) is 63.8 Å². The molecule has 0 radical (unpaired) electrons. The lowest BCUT2D eigenvalue weighted by molar-refractivity contribution is -0.245. The molecule has 2 fully saturated rings. The summed E-state index contributed by atoms with van der Waals surface area (Å²) in [5, 5.41) is 0. The standard InChI is InChI=1S/C33H36O9/c1-21(2)25-11-6-24(7-12-25)18-28(42-36-5)27-19-39-32-29(20-40-31(27)32)41-30(34)15-10-23-8-13-26(14-9-23)37-16-17-38-33(35)22(3)4/h6-15,18,27,29,31-32H,1,3,16-17,19-20H2,2,4-5H3/b15-10+,28-18?/t27-,29-,31-,32-/m1/s1. The molecule has 0 saturated carbocycles. The van der Waals surface area contributed by atoms with E-state index in [2.05, 4.69) is 13.2 Å². The highest BCUT2D eigenvalue weighted by molar-refractivity contribution is 5.87. The van der Waals surface area contributed by atoms with Crippen LogP contribution in [0.2, 0.25) is 0 Å². The molecular formula is C33H36O9. The van der Waals surface area contributed by atoms with Crippen molar-refractivity contribution in [2.24, 2.45) is 5.92 Å². The first-order chi connectivity index (χ1) is 20.2. The number of allylic oxidation sites excluding steroid dienone is 1. The van der Waals surface area contributed by atoms with Gasteiger partial charge in [-0.15, -0.1) is 0 Å². The molecule has 222 valence electrons. The number of ether oxygens (including phenoxy) is 5. The fraction of sp³-hybridized carbons (Fsp3) is 0.333. The number of hydrogen-bond donors (Lipinski definition) is 0. The van der Waals surface area contributed by atoms with E-state index in [-0.39, 0.29) is 31.8 Å². The molecule has 0 spiro atoms. The van der Waals surface area contributed by atoms with Gasteiger partial charge in [0.25, 0.3) is 0 Å². The number of carbonyl (C=O) groups excluding carboxylic acids is 2. The molecule has 0 aromatic heterocycles. The summed E-state index contributed by atoms with van der Waals surface area (Å²) in [5.41, 5.74) is 4.11. The van der Waals surface area contributed by atoms with Crippen LogP contribution in [0, 0.1) is 5.92 Å². The second kappa shape index (κ2) is 14.6. The average molecular weight is 577 g/mol. The van der Waals surface area contributed by atoms with E-state index < -0.39 is 24.1 Å². The van der Waals surface area contributed by atoms with E-state index in [1.807, 2.05) is 37.3 Å². The molecular weight excluding hydrogens is 540 g/mol. The molecule has 2 aliphatic rings. The molecule has 9 heteroatoms. The van der Waals surface area contributed by atoms with Gasteiger partial charge in [-0.25, -0.2) is 9.59 Å². The number of fused-ring (bicyclic) bond motifs is 1. The second-order valence-corrected chi connectivity index (χ2v) is 10.0. The molecule has 4 atom stereocenters. The molecule has 2 aliphatic heterocycles.